The van der Waals surface area contributed by atoms with Crippen molar-refractivity contribution in [1.29, 1.82) is 0 Å². The van der Waals surface area contributed by atoms with Gasteiger partial charge in [0.1, 0.15) is 10.7 Å². The van der Waals surface area contributed by atoms with Crippen LogP contribution in [0.5, 0.6) is 0 Å². The van der Waals surface area contributed by atoms with Gasteiger partial charge in [-0.05, 0) is 46.8 Å². The Hall–Kier alpha value is -0.990. The molecule has 2 rings (SSSR count). The average Bonchev–Trinajstić information content (AvgIpc) is 2.87. The van der Waals surface area contributed by atoms with Crippen molar-refractivity contribution in [3.05, 3.63) is 28.0 Å². The van der Waals surface area contributed by atoms with E-state index in [1.165, 1.54) is 0 Å². The Balaban J connectivity index is 2.20. The van der Waals surface area contributed by atoms with Crippen molar-refractivity contribution in [2.24, 2.45) is 11.1 Å². The third kappa shape index (κ3) is 4.02. The first-order valence-corrected chi connectivity index (χ1v) is 8.82. The van der Waals surface area contributed by atoms with E-state index in [2.05, 4.69) is 15.9 Å². The number of hydrogen-bond acceptors (Lipinski definition) is 4. The van der Waals surface area contributed by atoms with E-state index in [-0.39, 0.29) is 16.6 Å². The second-order valence-corrected chi connectivity index (χ2v) is 7.44. The van der Waals surface area contributed by atoms with Crippen LogP contribution in [0.25, 0.3) is 0 Å². The summed E-state index contributed by atoms with van der Waals surface area (Å²) < 4.78 is 41.4. The Kier molecular flexibility index (Phi) is 5.00. The Morgan fingerprint density at radius 1 is 1.38 bits per heavy atom. The Bertz CT molecular complexity index is 656. The summed E-state index contributed by atoms with van der Waals surface area (Å²) in [5.74, 6) is -1.37. The predicted octanol–water partition coefficient (Wildman–Crippen LogP) is 2.58. The molecule has 116 valence electrons. The van der Waals surface area contributed by atoms with Gasteiger partial charge in [0.05, 0.1) is 12.2 Å². The molecule has 1 aliphatic rings. The maximum atomic E-state index is 13.6. The van der Waals surface area contributed by atoms with E-state index in [9.17, 15) is 17.6 Å². The molecule has 2 N–H and O–H groups in total. The summed E-state index contributed by atoms with van der Waals surface area (Å²) in [6, 6.07) is 1.79. The second kappa shape index (κ2) is 6.41. The highest BCUT2D eigenvalue weighted by Crippen LogP contribution is 2.27. The molecule has 0 amide bonds. The largest absolute Gasteiger partial charge is 0.462 e. The molecule has 0 aliphatic heterocycles. The number of rotatable bonds is 4. The molecule has 8 heteroatoms. The van der Waals surface area contributed by atoms with Gasteiger partial charge in [-0.2, -0.15) is 0 Å². The van der Waals surface area contributed by atoms with Gasteiger partial charge in [-0.1, -0.05) is 12.8 Å². The van der Waals surface area contributed by atoms with E-state index >= 15 is 0 Å². The summed E-state index contributed by atoms with van der Waals surface area (Å²) in [6.45, 7) is 0.285. The summed E-state index contributed by atoms with van der Waals surface area (Å²) >= 11 is 3.03. The minimum absolute atomic E-state index is 0.0570. The van der Waals surface area contributed by atoms with Gasteiger partial charge in [-0.15, -0.1) is 0 Å². The third-order valence-corrected chi connectivity index (χ3v) is 5.05. The van der Waals surface area contributed by atoms with Crippen LogP contribution >= 0.6 is 15.9 Å². The van der Waals surface area contributed by atoms with Crippen LogP contribution in [0.3, 0.4) is 0 Å². The average molecular weight is 380 g/mol. The molecule has 1 aliphatic carbocycles. The van der Waals surface area contributed by atoms with Crippen LogP contribution in [-0.2, 0) is 14.8 Å². The zero-order valence-electron chi connectivity index (χ0n) is 11.1. The molecule has 0 radical (unpaired) electrons. The number of ether oxygens (including phenoxy) is 1. The van der Waals surface area contributed by atoms with E-state index in [0.29, 0.717) is 5.92 Å². The molecule has 0 atom stereocenters. The molecule has 0 unspecified atom stereocenters. The van der Waals surface area contributed by atoms with Crippen LogP contribution < -0.4 is 5.14 Å². The minimum Gasteiger partial charge on any atom is -0.462 e. The van der Waals surface area contributed by atoms with Crippen molar-refractivity contribution in [2.75, 3.05) is 6.61 Å². The highest BCUT2D eigenvalue weighted by atomic mass is 79.9. The molecular weight excluding hydrogens is 365 g/mol. The van der Waals surface area contributed by atoms with Crippen LogP contribution in [0, 0.1) is 11.7 Å². The lowest BCUT2D eigenvalue weighted by Gasteiger charge is -2.12. The highest BCUT2D eigenvalue weighted by Gasteiger charge is 2.23. The van der Waals surface area contributed by atoms with Gasteiger partial charge in [0.15, 0.2) is 0 Å². The highest BCUT2D eigenvalue weighted by molar-refractivity contribution is 9.10. The zero-order valence-corrected chi connectivity index (χ0v) is 13.5. The summed E-state index contributed by atoms with van der Waals surface area (Å²) in [7, 11) is -4.24. The number of carbonyl (C=O) groups is 1. The molecule has 1 aromatic rings. The quantitative estimate of drug-likeness (QED) is 0.814. The first-order chi connectivity index (χ1) is 9.79. The van der Waals surface area contributed by atoms with Crippen molar-refractivity contribution >= 4 is 31.9 Å². The first kappa shape index (κ1) is 16.4. The Morgan fingerprint density at radius 2 is 2.00 bits per heavy atom. The number of primary sulfonamides is 1. The minimum atomic E-state index is -4.24. The zero-order chi connectivity index (χ0) is 15.6. The van der Waals surface area contributed by atoms with Gasteiger partial charge in [-0.3, -0.25) is 0 Å². The smallest absolute Gasteiger partial charge is 0.339 e. The number of nitrogens with two attached hydrogens (primary N) is 1. The number of carbonyl (C=O) groups excluding carboxylic acids is 1. The summed E-state index contributed by atoms with van der Waals surface area (Å²) in [5, 5.41) is 4.92. The molecule has 1 saturated carbocycles. The lowest BCUT2D eigenvalue weighted by Crippen LogP contribution is -2.17. The topological polar surface area (TPSA) is 86.5 Å². The van der Waals surface area contributed by atoms with Crippen molar-refractivity contribution < 1.29 is 22.3 Å². The first-order valence-electron chi connectivity index (χ1n) is 6.48. The monoisotopic (exact) mass is 379 g/mol. The van der Waals surface area contributed by atoms with Gasteiger partial charge in [0.25, 0.3) is 0 Å². The normalized spacial score (nSPS) is 16.1. The molecule has 0 bridgehead atoms. The maximum Gasteiger partial charge on any atom is 0.339 e. The van der Waals surface area contributed by atoms with Gasteiger partial charge in [-0.25, -0.2) is 22.7 Å². The van der Waals surface area contributed by atoms with E-state index in [1.54, 1.807) is 0 Å². The lowest BCUT2D eigenvalue weighted by molar-refractivity contribution is 0.0441. The fourth-order valence-corrected chi connectivity index (χ4v) is 3.44. The number of sulfonamides is 1. The van der Waals surface area contributed by atoms with Crippen LogP contribution in [0.2, 0.25) is 0 Å². The number of halogens is 2. The standard InChI is InChI=1S/C13H15BrFNO4S/c14-10-6-11(15)12(21(16,18)19)5-9(10)13(17)20-7-8-3-1-2-4-8/h5-6,8H,1-4,7H2,(H2,16,18,19). The molecular formula is C13H15BrFNO4S. The fraction of sp³-hybridized carbons (Fsp3) is 0.462. The van der Waals surface area contributed by atoms with E-state index in [4.69, 9.17) is 9.88 Å². The summed E-state index contributed by atoms with van der Waals surface area (Å²) in [6.07, 6.45) is 4.27. The lowest BCUT2D eigenvalue weighted by atomic mass is 10.1. The number of esters is 1. The molecule has 0 spiro atoms. The van der Waals surface area contributed by atoms with Crippen LogP contribution in [0.15, 0.2) is 21.5 Å². The number of hydrogen-bond donors (Lipinski definition) is 1. The molecule has 1 aromatic carbocycles. The molecule has 21 heavy (non-hydrogen) atoms. The molecule has 0 heterocycles. The summed E-state index contributed by atoms with van der Waals surface area (Å²) in [5.41, 5.74) is -0.0570. The van der Waals surface area contributed by atoms with Crippen molar-refractivity contribution in [3.8, 4) is 0 Å². The number of benzene rings is 1. The second-order valence-electron chi connectivity index (χ2n) is 5.06. The fourth-order valence-electron chi connectivity index (χ4n) is 2.35. The van der Waals surface area contributed by atoms with Gasteiger partial charge in [0, 0.05) is 4.47 Å². The van der Waals surface area contributed by atoms with Crippen molar-refractivity contribution in [1.82, 2.24) is 0 Å². The Labute approximate surface area is 130 Å². The Morgan fingerprint density at radius 3 is 2.57 bits per heavy atom. The van der Waals surface area contributed by atoms with Crippen LogP contribution in [0.4, 0.5) is 4.39 Å². The van der Waals surface area contributed by atoms with Gasteiger partial charge < -0.3 is 4.74 Å². The van der Waals surface area contributed by atoms with E-state index in [1.807, 2.05) is 0 Å². The maximum absolute atomic E-state index is 13.6. The van der Waals surface area contributed by atoms with Gasteiger partial charge in [0.2, 0.25) is 10.0 Å². The summed E-state index contributed by atoms with van der Waals surface area (Å²) in [4.78, 5) is 11.3. The van der Waals surface area contributed by atoms with E-state index in [0.717, 1.165) is 37.8 Å². The predicted molar refractivity (Wildman–Crippen MR) is 77.7 cm³/mol. The van der Waals surface area contributed by atoms with Crippen LogP contribution in [-0.4, -0.2) is 21.0 Å². The van der Waals surface area contributed by atoms with Gasteiger partial charge >= 0.3 is 5.97 Å². The molecule has 0 aromatic heterocycles. The van der Waals surface area contributed by atoms with Crippen LogP contribution in [0.1, 0.15) is 36.0 Å². The molecule has 5 nitrogen and oxygen atoms in total. The van der Waals surface area contributed by atoms with Crippen molar-refractivity contribution in [3.63, 3.8) is 0 Å². The van der Waals surface area contributed by atoms with E-state index < -0.39 is 26.7 Å². The SMILES string of the molecule is NS(=O)(=O)c1cc(C(=O)OCC2CCCC2)c(Br)cc1F. The third-order valence-electron chi connectivity index (χ3n) is 3.47. The molecule has 0 saturated heterocycles. The van der Waals surface area contributed by atoms with Crippen molar-refractivity contribution in [2.45, 2.75) is 30.6 Å². The molecule has 1 fully saturated rings.